The van der Waals surface area contributed by atoms with Crippen molar-refractivity contribution >= 4 is 0 Å². The van der Waals surface area contributed by atoms with Gasteiger partial charge in [0.15, 0.2) is 0 Å². The molecule has 4 rings (SSSR count). The molecule has 4 aliphatic rings. The fourth-order valence-corrected chi connectivity index (χ4v) is 9.97. The summed E-state index contributed by atoms with van der Waals surface area (Å²) in [4.78, 5) is 0. The largest absolute Gasteiger partial charge is 0.395 e. The van der Waals surface area contributed by atoms with E-state index >= 15 is 0 Å². The van der Waals surface area contributed by atoms with Gasteiger partial charge in [-0.05, 0) is 92.8 Å². The van der Waals surface area contributed by atoms with Gasteiger partial charge in [0, 0.05) is 18.4 Å². The Kier molecular flexibility index (Phi) is 7.24. The van der Waals surface area contributed by atoms with E-state index in [0.29, 0.717) is 23.7 Å². The summed E-state index contributed by atoms with van der Waals surface area (Å²) >= 11 is 0. The van der Waals surface area contributed by atoms with E-state index in [2.05, 4.69) is 47.6 Å². The Morgan fingerprint density at radius 2 is 1.77 bits per heavy atom. The minimum Gasteiger partial charge on any atom is -0.395 e. The highest BCUT2D eigenvalue weighted by Crippen LogP contribution is 2.75. The van der Waals surface area contributed by atoms with E-state index in [9.17, 15) is 15.3 Å². The van der Waals surface area contributed by atoms with Crippen molar-refractivity contribution in [3.8, 4) is 0 Å². The molecule has 0 aromatic carbocycles. The lowest BCUT2D eigenvalue weighted by Gasteiger charge is -2.67. The molecule has 0 spiro atoms. The third-order valence-electron chi connectivity index (χ3n) is 12.1. The number of fused-ring (bicyclic) bond motifs is 5. The zero-order valence-electron chi connectivity index (χ0n) is 23.6. The molecule has 3 N–H and O–H groups in total. The molecule has 0 radical (unpaired) electrons. The van der Waals surface area contributed by atoms with Gasteiger partial charge in [0.1, 0.15) is 0 Å². The molecular formula is C31H52O4. The maximum Gasteiger partial charge on any atom is 0.0793 e. The van der Waals surface area contributed by atoms with Gasteiger partial charge in [0.05, 0.1) is 24.9 Å². The summed E-state index contributed by atoms with van der Waals surface area (Å²) in [5.41, 5.74) is 2.29. The molecule has 0 heterocycles. The van der Waals surface area contributed by atoms with Crippen LogP contribution in [0, 0.1) is 45.3 Å². The van der Waals surface area contributed by atoms with Crippen LogP contribution in [0.3, 0.4) is 0 Å². The van der Waals surface area contributed by atoms with Crippen LogP contribution in [-0.2, 0) is 4.74 Å². The first-order chi connectivity index (χ1) is 16.3. The molecule has 3 fully saturated rings. The van der Waals surface area contributed by atoms with E-state index in [1.54, 1.807) is 0 Å². The van der Waals surface area contributed by atoms with Crippen LogP contribution in [0.1, 0.15) is 93.4 Å². The van der Waals surface area contributed by atoms with Crippen LogP contribution in [0.4, 0.5) is 0 Å². The third kappa shape index (κ3) is 3.92. The molecular weight excluding hydrogens is 436 g/mol. The highest BCUT2D eigenvalue weighted by molar-refractivity contribution is 5.33. The van der Waals surface area contributed by atoms with Crippen molar-refractivity contribution in [2.75, 3.05) is 13.7 Å². The van der Waals surface area contributed by atoms with Gasteiger partial charge in [-0.3, -0.25) is 0 Å². The van der Waals surface area contributed by atoms with Crippen LogP contribution in [0.2, 0.25) is 0 Å². The van der Waals surface area contributed by atoms with Crippen molar-refractivity contribution in [3.63, 3.8) is 0 Å². The van der Waals surface area contributed by atoms with E-state index in [4.69, 9.17) is 4.74 Å². The van der Waals surface area contributed by atoms with Gasteiger partial charge < -0.3 is 20.1 Å². The van der Waals surface area contributed by atoms with Crippen LogP contribution in [0.15, 0.2) is 23.3 Å². The predicted molar refractivity (Wildman–Crippen MR) is 142 cm³/mol. The van der Waals surface area contributed by atoms with Crippen molar-refractivity contribution in [2.45, 2.75) is 112 Å². The van der Waals surface area contributed by atoms with E-state index in [1.165, 1.54) is 30.4 Å². The van der Waals surface area contributed by atoms with Gasteiger partial charge >= 0.3 is 0 Å². The predicted octanol–water partition coefficient (Wildman–Crippen LogP) is 5.90. The third-order valence-corrected chi connectivity index (χ3v) is 12.1. The standard InChI is InChI=1S/C31H52O4/c1-19(2)15-21(33)16-20(3)22-11-12-31(7)27-25(35-8)17-24-23(9-10-26(34)29(24,5)18-32)28(27,4)13-14-30(22,31)6/h15,17,20-23,25-27,32-34H,9-14,16,18H2,1-8H3/t20-,21+,22-,23-,25-,26+,27-,28+,29-,30-,31+/m1/s1. The highest BCUT2D eigenvalue weighted by Gasteiger charge is 2.69. The van der Waals surface area contributed by atoms with Gasteiger partial charge in [0.25, 0.3) is 0 Å². The van der Waals surface area contributed by atoms with E-state index < -0.39 is 11.5 Å². The molecule has 0 aromatic heterocycles. The van der Waals surface area contributed by atoms with E-state index in [-0.39, 0.29) is 35.1 Å². The summed E-state index contributed by atoms with van der Waals surface area (Å²) in [5, 5.41) is 32.0. The van der Waals surface area contributed by atoms with Crippen LogP contribution in [0.25, 0.3) is 0 Å². The topological polar surface area (TPSA) is 69.9 Å². The Hall–Kier alpha value is -0.680. The van der Waals surface area contributed by atoms with E-state index in [1.807, 2.05) is 20.1 Å². The lowest BCUT2D eigenvalue weighted by Crippen LogP contribution is -2.63. The van der Waals surface area contributed by atoms with Crippen molar-refractivity contribution < 1.29 is 20.1 Å². The minimum atomic E-state index is -0.580. The second kappa shape index (κ2) is 9.26. The minimum absolute atomic E-state index is 0.00243. The smallest absolute Gasteiger partial charge is 0.0793 e. The molecule has 0 amide bonds. The fourth-order valence-electron chi connectivity index (χ4n) is 9.97. The molecule has 4 aliphatic carbocycles. The average Bonchev–Trinajstić information content (AvgIpc) is 3.06. The van der Waals surface area contributed by atoms with Crippen molar-refractivity contribution in [2.24, 2.45) is 45.3 Å². The summed E-state index contributed by atoms with van der Waals surface area (Å²) in [5.74, 6) is 1.85. The molecule has 11 atom stereocenters. The zero-order valence-corrected chi connectivity index (χ0v) is 23.6. The Morgan fingerprint density at radius 3 is 2.37 bits per heavy atom. The summed E-state index contributed by atoms with van der Waals surface area (Å²) in [6, 6.07) is 0. The molecule has 0 unspecified atom stereocenters. The quantitative estimate of drug-likeness (QED) is 0.407. The summed E-state index contributed by atoms with van der Waals surface area (Å²) in [6.07, 6.45) is 10.8. The first-order valence-corrected chi connectivity index (χ1v) is 14.2. The van der Waals surface area contributed by atoms with E-state index in [0.717, 1.165) is 25.7 Å². The molecule has 0 saturated heterocycles. The highest BCUT2D eigenvalue weighted by atomic mass is 16.5. The van der Waals surface area contributed by atoms with Crippen LogP contribution < -0.4 is 0 Å². The average molecular weight is 489 g/mol. The molecule has 4 nitrogen and oxygen atoms in total. The van der Waals surface area contributed by atoms with Gasteiger partial charge in [-0.15, -0.1) is 0 Å². The van der Waals surface area contributed by atoms with Gasteiger partial charge in [0.2, 0.25) is 0 Å². The lowest BCUT2D eigenvalue weighted by atomic mass is 9.38. The number of hydrogen-bond donors (Lipinski definition) is 3. The van der Waals surface area contributed by atoms with Gasteiger partial charge in [-0.25, -0.2) is 0 Å². The number of rotatable bonds is 6. The maximum absolute atomic E-state index is 10.9. The van der Waals surface area contributed by atoms with Crippen LogP contribution in [0.5, 0.6) is 0 Å². The Morgan fingerprint density at radius 1 is 1.09 bits per heavy atom. The number of aliphatic hydroxyl groups is 3. The SMILES string of the molecule is CO[C@@H]1C=C2[C@@H](CC[C@H](O)[C@]2(C)CO)[C@]2(C)CC[C@]3(C)[C@@H]([C@H](C)C[C@@H](O)C=C(C)C)CC[C@@]3(C)[C@H]12. The van der Waals surface area contributed by atoms with Crippen molar-refractivity contribution in [3.05, 3.63) is 23.3 Å². The number of hydrogen-bond acceptors (Lipinski definition) is 4. The first kappa shape index (κ1) is 27.4. The number of allylic oxidation sites excluding steroid dienone is 1. The molecule has 35 heavy (non-hydrogen) atoms. The molecule has 0 aromatic rings. The van der Waals surface area contributed by atoms with Gasteiger partial charge in [-0.2, -0.15) is 0 Å². The number of methoxy groups -OCH3 is 1. The second-order valence-corrected chi connectivity index (χ2v) is 14.0. The maximum atomic E-state index is 10.9. The fraction of sp³-hybridized carbons (Fsp3) is 0.871. The summed E-state index contributed by atoms with van der Waals surface area (Å²) in [6.45, 7) is 16.1. The van der Waals surface area contributed by atoms with Gasteiger partial charge in [-0.1, -0.05) is 57.9 Å². The zero-order chi connectivity index (χ0) is 26.0. The lowest BCUT2D eigenvalue weighted by molar-refractivity contribution is -0.185. The normalized spacial score (nSPS) is 48.8. The van der Waals surface area contributed by atoms with Crippen molar-refractivity contribution in [1.29, 1.82) is 0 Å². The Labute approximate surface area is 214 Å². The molecule has 4 heteroatoms. The Bertz CT molecular complexity index is 860. The molecule has 200 valence electrons. The Balaban J connectivity index is 1.72. The second-order valence-electron chi connectivity index (χ2n) is 14.0. The number of aliphatic hydroxyl groups excluding tert-OH is 3. The summed E-state index contributed by atoms with van der Waals surface area (Å²) < 4.78 is 6.28. The molecule has 3 saturated carbocycles. The number of ether oxygens (including phenoxy) is 1. The monoisotopic (exact) mass is 488 g/mol. The van der Waals surface area contributed by atoms with Crippen LogP contribution in [-0.4, -0.2) is 47.3 Å². The molecule has 0 aliphatic heterocycles. The first-order valence-electron chi connectivity index (χ1n) is 14.2. The summed E-state index contributed by atoms with van der Waals surface area (Å²) in [7, 11) is 1.85. The van der Waals surface area contributed by atoms with Crippen LogP contribution >= 0.6 is 0 Å². The van der Waals surface area contributed by atoms with Crippen molar-refractivity contribution in [1.82, 2.24) is 0 Å². The molecule has 0 bridgehead atoms.